The number of hydrogen-bond donors (Lipinski definition) is 0. The van der Waals surface area contributed by atoms with Crippen LogP contribution in [0.5, 0.6) is 0 Å². The minimum atomic E-state index is -0.412. The fourth-order valence-electron chi connectivity index (χ4n) is 1.57. The summed E-state index contributed by atoms with van der Waals surface area (Å²) in [4.78, 5) is 12.6. The number of carbonyl (C=O) groups is 1. The second-order valence-corrected chi connectivity index (χ2v) is 4.90. The molecule has 1 aromatic carbocycles. The van der Waals surface area contributed by atoms with Crippen LogP contribution < -0.4 is 0 Å². The lowest BCUT2D eigenvalue weighted by Crippen LogP contribution is -2.05. The van der Waals surface area contributed by atoms with E-state index in [9.17, 15) is 9.18 Å². The van der Waals surface area contributed by atoms with Crippen LogP contribution in [-0.2, 0) is 12.8 Å². The molecule has 0 radical (unpaired) electrons. The Morgan fingerprint density at radius 2 is 2.28 bits per heavy atom. The maximum absolute atomic E-state index is 12.9. The summed E-state index contributed by atoms with van der Waals surface area (Å²) in [5, 5.41) is 4.15. The van der Waals surface area contributed by atoms with E-state index in [-0.39, 0.29) is 17.2 Å². The average Bonchev–Trinajstić information content (AvgIpc) is 2.81. The monoisotopic (exact) mass is 284 g/mol. The van der Waals surface area contributed by atoms with Gasteiger partial charge in [-0.2, -0.15) is 0 Å². The highest BCUT2D eigenvalue weighted by atomic mass is 35.5. The molecule has 1 heterocycles. The van der Waals surface area contributed by atoms with Gasteiger partial charge < -0.3 is 0 Å². The van der Waals surface area contributed by atoms with Crippen molar-refractivity contribution in [2.75, 3.05) is 0 Å². The molecule has 2 rings (SSSR count). The van der Waals surface area contributed by atoms with E-state index in [0.717, 1.165) is 11.5 Å². The van der Waals surface area contributed by atoms with E-state index in [0.29, 0.717) is 22.6 Å². The molecule has 1 aromatic heterocycles. The predicted octanol–water partition coefficient (Wildman–Crippen LogP) is 3.32. The van der Waals surface area contributed by atoms with Crippen LogP contribution in [0.3, 0.4) is 0 Å². The van der Waals surface area contributed by atoms with Crippen LogP contribution in [0.2, 0.25) is 5.02 Å². The molecule has 0 saturated carbocycles. The largest absolute Gasteiger partial charge is 0.293 e. The Balaban J connectivity index is 2.21. The molecule has 0 N–H and O–H groups in total. The van der Waals surface area contributed by atoms with Crippen LogP contribution in [-0.4, -0.2) is 15.4 Å². The first-order valence-corrected chi connectivity index (χ1v) is 6.55. The van der Waals surface area contributed by atoms with Crippen LogP contribution in [0.4, 0.5) is 4.39 Å². The molecule has 0 saturated heterocycles. The van der Waals surface area contributed by atoms with Crippen molar-refractivity contribution in [3.63, 3.8) is 0 Å². The number of benzene rings is 1. The maximum Gasteiger partial charge on any atom is 0.180 e. The molecular weight excluding hydrogens is 275 g/mol. The van der Waals surface area contributed by atoms with Gasteiger partial charge in [-0.25, -0.2) is 4.39 Å². The zero-order valence-electron chi connectivity index (χ0n) is 9.61. The highest BCUT2D eigenvalue weighted by Gasteiger charge is 2.16. The number of hydrogen-bond acceptors (Lipinski definition) is 4. The quantitative estimate of drug-likeness (QED) is 0.809. The topological polar surface area (TPSA) is 42.9 Å². The molecule has 6 heteroatoms. The van der Waals surface area contributed by atoms with Gasteiger partial charge in [0.15, 0.2) is 5.78 Å². The standard InChI is InChI=1S/C12H10ClFN2OS/c1-2-10-12(18-16-15-10)11(17)5-7-3-4-8(14)6-9(7)13/h3-4,6H,2,5H2,1H3. The third-order valence-corrected chi connectivity index (χ3v) is 3.67. The molecule has 0 aliphatic carbocycles. The Morgan fingerprint density at radius 1 is 1.50 bits per heavy atom. The van der Waals surface area contributed by atoms with Crippen molar-refractivity contribution in [1.29, 1.82) is 0 Å². The molecule has 0 atom stereocenters. The number of halogens is 2. The Labute approximate surface area is 113 Å². The van der Waals surface area contributed by atoms with Gasteiger partial charge in [-0.1, -0.05) is 29.1 Å². The van der Waals surface area contributed by atoms with Gasteiger partial charge in [0.05, 0.1) is 5.69 Å². The molecule has 0 aliphatic rings. The van der Waals surface area contributed by atoms with Gasteiger partial charge in [-0.3, -0.25) is 4.79 Å². The summed E-state index contributed by atoms with van der Waals surface area (Å²) in [6, 6.07) is 4.02. The fourth-order valence-corrected chi connectivity index (χ4v) is 2.49. The first-order chi connectivity index (χ1) is 8.61. The minimum Gasteiger partial charge on any atom is -0.293 e. The van der Waals surface area contributed by atoms with E-state index in [2.05, 4.69) is 9.59 Å². The van der Waals surface area contributed by atoms with Gasteiger partial charge in [0, 0.05) is 11.4 Å². The average molecular weight is 285 g/mol. The Bertz CT molecular complexity index is 585. The summed E-state index contributed by atoms with van der Waals surface area (Å²) in [5.41, 5.74) is 1.31. The van der Waals surface area contributed by atoms with Crippen molar-refractivity contribution in [3.8, 4) is 0 Å². The van der Waals surface area contributed by atoms with E-state index in [4.69, 9.17) is 11.6 Å². The summed E-state index contributed by atoms with van der Waals surface area (Å²) in [6.07, 6.45) is 0.796. The second kappa shape index (κ2) is 5.54. The molecule has 0 amide bonds. The zero-order valence-corrected chi connectivity index (χ0v) is 11.2. The molecule has 0 unspecified atom stereocenters. The summed E-state index contributed by atoms with van der Waals surface area (Å²) in [6.45, 7) is 1.92. The molecular formula is C12H10ClFN2OS. The van der Waals surface area contributed by atoms with Gasteiger partial charge in [0.2, 0.25) is 0 Å². The molecule has 2 aromatic rings. The SMILES string of the molecule is CCc1nnsc1C(=O)Cc1ccc(F)cc1Cl. The van der Waals surface area contributed by atoms with E-state index in [1.807, 2.05) is 6.92 Å². The highest BCUT2D eigenvalue weighted by molar-refractivity contribution is 7.08. The number of aryl methyl sites for hydroxylation is 1. The van der Waals surface area contributed by atoms with Crippen LogP contribution in [0.25, 0.3) is 0 Å². The number of nitrogens with zero attached hydrogens (tertiary/aromatic N) is 2. The van der Waals surface area contributed by atoms with E-state index in [1.54, 1.807) is 0 Å². The predicted molar refractivity (Wildman–Crippen MR) is 68.7 cm³/mol. The Hall–Kier alpha value is -1.33. The number of ketones is 1. The minimum absolute atomic E-state index is 0.0876. The Morgan fingerprint density at radius 3 is 2.94 bits per heavy atom. The molecule has 0 spiro atoms. The third kappa shape index (κ3) is 2.73. The molecule has 94 valence electrons. The summed E-state index contributed by atoms with van der Waals surface area (Å²) >= 11 is 6.97. The normalized spacial score (nSPS) is 10.6. The van der Waals surface area contributed by atoms with Gasteiger partial charge >= 0.3 is 0 Å². The zero-order chi connectivity index (χ0) is 13.1. The number of rotatable bonds is 4. The lowest BCUT2D eigenvalue weighted by Gasteiger charge is -2.03. The molecule has 3 nitrogen and oxygen atoms in total. The molecule has 18 heavy (non-hydrogen) atoms. The summed E-state index contributed by atoms with van der Waals surface area (Å²) in [7, 11) is 0. The van der Waals surface area contributed by atoms with Crippen molar-refractivity contribution in [1.82, 2.24) is 9.59 Å². The molecule has 0 fully saturated rings. The second-order valence-electron chi connectivity index (χ2n) is 3.74. The van der Waals surface area contributed by atoms with Crippen LogP contribution >= 0.6 is 23.1 Å². The van der Waals surface area contributed by atoms with Crippen molar-refractivity contribution in [3.05, 3.63) is 45.2 Å². The van der Waals surface area contributed by atoms with E-state index >= 15 is 0 Å². The van der Waals surface area contributed by atoms with Gasteiger partial charge in [0.1, 0.15) is 10.7 Å². The van der Waals surface area contributed by atoms with Crippen molar-refractivity contribution in [2.24, 2.45) is 0 Å². The number of aromatic nitrogens is 2. The maximum atomic E-state index is 12.9. The summed E-state index contributed by atoms with van der Waals surface area (Å²) in [5.74, 6) is -0.500. The van der Waals surface area contributed by atoms with Gasteiger partial charge in [0.25, 0.3) is 0 Å². The fraction of sp³-hybridized carbons (Fsp3) is 0.250. The summed E-state index contributed by atoms with van der Waals surface area (Å²) < 4.78 is 16.7. The van der Waals surface area contributed by atoms with Crippen LogP contribution in [0.15, 0.2) is 18.2 Å². The van der Waals surface area contributed by atoms with Crippen LogP contribution in [0.1, 0.15) is 27.9 Å². The molecule has 0 bridgehead atoms. The third-order valence-electron chi connectivity index (χ3n) is 2.51. The number of Topliss-reactive ketones (excluding diaryl/α,β-unsaturated/α-hetero) is 1. The lowest BCUT2D eigenvalue weighted by atomic mass is 10.1. The highest BCUT2D eigenvalue weighted by Crippen LogP contribution is 2.21. The molecule has 0 aliphatic heterocycles. The van der Waals surface area contributed by atoms with Crippen molar-refractivity contribution in [2.45, 2.75) is 19.8 Å². The van der Waals surface area contributed by atoms with E-state index < -0.39 is 5.82 Å². The number of carbonyl (C=O) groups excluding carboxylic acids is 1. The first kappa shape index (κ1) is 13.1. The van der Waals surface area contributed by atoms with Gasteiger partial charge in [-0.15, -0.1) is 5.10 Å². The van der Waals surface area contributed by atoms with Crippen molar-refractivity contribution >= 4 is 28.9 Å². The van der Waals surface area contributed by atoms with Crippen LogP contribution in [0, 0.1) is 5.82 Å². The smallest absolute Gasteiger partial charge is 0.180 e. The Kier molecular flexibility index (Phi) is 4.04. The van der Waals surface area contributed by atoms with Gasteiger partial charge in [-0.05, 0) is 35.6 Å². The van der Waals surface area contributed by atoms with Crippen molar-refractivity contribution < 1.29 is 9.18 Å². The van der Waals surface area contributed by atoms with E-state index in [1.165, 1.54) is 18.2 Å². The first-order valence-electron chi connectivity index (χ1n) is 5.40. The lowest BCUT2D eigenvalue weighted by molar-refractivity contribution is 0.0996.